The smallest absolute Gasteiger partial charge is 0.217 e. The lowest BCUT2D eigenvalue weighted by atomic mass is 10.3. The number of imidazole rings is 1. The van der Waals surface area contributed by atoms with Crippen molar-refractivity contribution in [1.29, 1.82) is 0 Å². The van der Waals surface area contributed by atoms with Gasteiger partial charge in [-0.15, -0.1) is 0 Å². The molecular weight excluding hydrogens is 254 g/mol. The molecule has 0 saturated carbocycles. The number of hydrogen-bond donors (Lipinski definition) is 0. The standard InChI is InChI=1S/C13H16F2N2O2/c1-4-18-13(19-5-2)12-16-10-6-8(14)9(15)7-11(10)17(12)3/h6-7,13H,4-5H2,1-3H3. The van der Waals surface area contributed by atoms with Crippen LogP contribution in [0.25, 0.3) is 11.0 Å². The van der Waals surface area contributed by atoms with Gasteiger partial charge in [0.25, 0.3) is 0 Å². The summed E-state index contributed by atoms with van der Waals surface area (Å²) in [7, 11) is 1.72. The Morgan fingerprint density at radius 2 is 1.74 bits per heavy atom. The minimum absolute atomic E-state index is 0.376. The van der Waals surface area contributed by atoms with Crippen molar-refractivity contribution in [3.05, 3.63) is 29.6 Å². The SMILES string of the molecule is CCOC(OCC)c1nc2cc(F)c(F)cc2n1C. The molecule has 0 fully saturated rings. The third kappa shape index (κ3) is 2.59. The van der Waals surface area contributed by atoms with E-state index in [9.17, 15) is 8.78 Å². The Labute approximate surface area is 109 Å². The average Bonchev–Trinajstić information content (AvgIpc) is 2.67. The van der Waals surface area contributed by atoms with Crippen molar-refractivity contribution < 1.29 is 18.3 Å². The molecule has 2 rings (SSSR count). The molecule has 1 aromatic carbocycles. The predicted molar refractivity (Wildman–Crippen MR) is 66.6 cm³/mol. The molecule has 0 amide bonds. The lowest BCUT2D eigenvalue weighted by Gasteiger charge is -2.16. The Morgan fingerprint density at radius 3 is 2.32 bits per heavy atom. The van der Waals surface area contributed by atoms with E-state index in [0.717, 1.165) is 12.1 Å². The number of fused-ring (bicyclic) bond motifs is 1. The van der Waals surface area contributed by atoms with Gasteiger partial charge in [0.2, 0.25) is 6.29 Å². The van der Waals surface area contributed by atoms with Gasteiger partial charge in [0.05, 0.1) is 11.0 Å². The monoisotopic (exact) mass is 270 g/mol. The van der Waals surface area contributed by atoms with Crippen molar-refractivity contribution in [3.8, 4) is 0 Å². The highest BCUT2D eigenvalue weighted by molar-refractivity contribution is 5.76. The summed E-state index contributed by atoms with van der Waals surface area (Å²) in [5.74, 6) is -1.32. The minimum Gasteiger partial charge on any atom is -0.346 e. The van der Waals surface area contributed by atoms with Gasteiger partial charge in [-0.3, -0.25) is 0 Å². The van der Waals surface area contributed by atoms with Crippen molar-refractivity contribution >= 4 is 11.0 Å². The van der Waals surface area contributed by atoms with Gasteiger partial charge in [0.15, 0.2) is 17.5 Å². The Balaban J connectivity index is 2.51. The number of aryl methyl sites for hydroxylation is 1. The Hall–Kier alpha value is -1.53. The summed E-state index contributed by atoms with van der Waals surface area (Å²) in [5, 5.41) is 0. The third-order valence-electron chi connectivity index (χ3n) is 2.80. The molecule has 0 unspecified atom stereocenters. The predicted octanol–water partition coefficient (Wildman–Crippen LogP) is 2.92. The zero-order valence-electron chi connectivity index (χ0n) is 11.1. The molecule has 0 radical (unpaired) electrons. The van der Waals surface area contributed by atoms with Crippen molar-refractivity contribution in [1.82, 2.24) is 9.55 Å². The first-order valence-corrected chi connectivity index (χ1v) is 6.13. The molecular formula is C13H16F2N2O2. The fraction of sp³-hybridized carbons (Fsp3) is 0.462. The number of aromatic nitrogens is 2. The Bertz CT molecular complexity index is 578. The zero-order valence-corrected chi connectivity index (χ0v) is 11.1. The summed E-state index contributed by atoms with van der Waals surface area (Å²) in [6.07, 6.45) is -0.640. The van der Waals surface area contributed by atoms with Crippen molar-refractivity contribution in [2.24, 2.45) is 7.05 Å². The van der Waals surface area contributed by atoms with E-state index in [1.165, 1.54) is 0 Å². The maximum atomic E-state index is 13.3. The molecule has 0 N–H and O–H groups in total. The molecule has 104 valence electrons. The largest absolute Gasteiger partial charge is 0.346 e. The second-order valence-corrected chi connectivity index (χ2v) is 4.03. The highest BCUT2D eigenvalue weighted by Gasteiger charge is 2.20. The molecule has 4 nitrogen and oxygen atoms in total. The van der Waals surface area contributed by atoms with Crippen LogP contribution in [0.5, 0.6) is 0 Å². The van der Waals surface area contributed by atoms with Gasteiger partial charge in [-0.05, 0) is 13.8 Å². The van der Waals surface area contributed by atoms with Crippen LogP contribution in [0.4, 0.5) is 8.78 Å². The van der Waals surface area contributed by atoms with Gasteiger partial charge in [0, 0.05) is 32.4 Å². The van der Waals surface area contributed by atoms with Crippen LogP contribution >= 0.6 is 0 Å². The topological polar surface area (TPSA) is 36.3 Å². The van der Waals surface area contributed by atoms with E-state index >= 15 is 0 Å². The van der Waals surface area contributed by atoms with Crippen molar-refractivity contribution in [3.63, 3.8) is 0 Å². The summed E-state index contributed by atoms with van der Waals surface area (Å²) < 4.78 is 39.0. The van der Waals surface area contributed by atoms with Crippen molar-refractivity contribution in [2.45, 2.75) is 20.1 Å². The molecule has 0 aliphatic heterocycles. The molecule has 0 saturated heterocycles. The third-order valence-corrected chi connectivity index (χ3v) is 2.80. The van der Waals surface area contributed by atoms with Crippen LogP contribution in [0.1, 0.15) is 26.0 Å². The fourth-order valence-electron chi connectivity index (χ4n) is 1.92. The van der Waals surface area contributed by atoms with E-state index in [0.29, 0.717) is 30.1 Å². The van der Waals surface area contributed by atoms with Crippen LogP contribution < -0.4 is 0 Å². The van der Waals surface area contributed by atoms with E-state index in [1.807, 2.05) is 13.8 Å². The first kappa shape index (κ1) is 13.9. The number of ether oxygens (including phenoxy) is 2. The first-order valence-electron chi connectivity index (χ1n) is 6.13. The molecule has 1 aromatic heterocycles. The van der Waals surface area contributed by atoms with Crippen LogP contribution in [0, 0.1) is 11.6 Å². The number of hydrogen-bond acceptors (Lipinski definition) is 3. The van der Waals surface area contributed by atoms with Gasteiger partial charge >= 0.3 is 0 Å². The highest BCUT2D eigenvalue weighted by Crippen LogP contribution is 2.24. The quantitative estimate of drug-likeness (QED) is 0.784. The minimum atomic E-state index is -0.915. The molecule has 0 bridgehead atoms. The van der Waals surface area contributed by atoms with Gasteiger partial charge in [-0.25, -0.2) is 13.8 Å². The normalized spacial score (nSPS) is 11.7. The molecule has 0 aliphatic rings. The molecule has 1 heterocycles. The summed E-state index contributed by atoms with van der Waals surface area (Å²) >= 11 is 0. The molecule has 0 aliphatic carbocycles. The lowest BCUT2D eigenvalue weighted by molar-refractivity contribution is -0.146. The highest BCUT2D eigenvalue weighted by atomic mass is 19.2. The van der Waals surface area contributed by atoms with E-state index in [4.69, 9.17) is 9.47 Å². The maximum absolute atomic E-state index is 13.3. The van der Waals surface area contributed by atoms with E-state index in [2.05, 4.69) is 4.98 Å². The zero-order chi connectivity index (χ0) is 14.0. The van der Waals surface area contributed by atoms with Crippen LogP contribution in [0.15, 0.2) is 12.1 Å². The molecule has 19 heavy (non-hydrogen) atoms. The van der Waals surface area contributed by atoms with Crippen molar-refractivity contribution in [2.75, 3.05) is 13.2 Å². The van der Waals surface area contributed by atoms with E-state index in [1.54, 1.807) is 11.6 Å². The van der Waals surface area contributed by atoms with E-state index in [-0.39, 0.29) is 0 Å². The van der Waals surface area contributed by atoms with Gasteiger partial charge in [-0.1, -0.05) is 0 Å². The molecule has 6 heteroatoms. The molecule has 0 spiro atoms. The average molecular weight is 270 g/mol. The summed E-state index contributed by atoms with van der Waals surface area (Å²) in [6.45, 7) is 4.59. The summed E-state index contributed by atoms with van der Waals surface area (Å²) in [6, 6.07) is 2.19. The van der Waals surface area contributed by atoms with Gasteiger partial charge in [-0.2, -0.15) is 0 Å². The van der Waals surface area contributed by atoms with Crippen LogP contribution in [-0.4, -0.2) is 22.8 Å². The van der Waals surface area contributed by atoms with Gasteiger partial charge in [0.1, 0.15) is 0 Å². The second kappa shape index (κ2) is 5.63. The molecule has 2 aromatic rings. The summed E-state index contributed by atoms with van der Waals surface area (Å²) in [4.78, 5) is 4.26. The maximum Gasteiger partial charge on any atom is 0.217 e. The number of halogens is 2. The number of benzene rings is 1. The van der Waals surface area contributed by atoms with Crippen LogP contribution in [0.3, 0.4) is 0 Å². The van der Waals surface area contributed by atoms with Crippen LogP contribution in [0.2, 0.25) is 0 Å². The molecule has 0 atom stereocenters. The fourth-order valence-corrected chi connectivity index (χ4v) is 1.92. The second-order valence-electron chi connectivity index (χ2n) is 4.03. The first-order chi connectivity index (χ1) is 9.08. The van der Waals surface area contributed by atoms with Gasteiger partial charge < -0.3 is 14.0 Å². The summed E-state index contributed by atoms with van der Waals surface area (Å²) in [5.41, 5.74) is 0.874. The Morgan fingerprint density at radius 1 is 1.16 bits per heavy atom. The number of rotatable bonds is 5. The van der Waals surface area contributed by atoms with Crippen LogP contribution in [-0.2, 0) is 16.5 Å². The lowest BCUT2D eigenvalue weighted by Crippen LogP contribution is -2.13. The number of nitrogens with zero attached hydrogens (tertiary/aromatic N) is 2. The Kier molecular flexibility index (Phi) is 4.11. The van der Waals surface area contributed by atoms with E-state index < -0.39 is 17.9 Å².